The molecule has 4 heterocycles. The van der Waals surface area contributed by atoms with Gasteiger partial charge in [0.2, 0.25) is 0 Å². The van der Waals surface area contributed by atoms with E-state index >= 15 is 0 Å². The summed E-state index contributed by atoms with van der Waals surface area (Å²) in [5.41, 5.74) is 12.0. The van der Waals surface area contributed by atoms with E-state index in [2.05, 4.69) is 161 Å². The second-order valence-corrected chi connectivity index (χ2v) is 13.9. The van der Waals surface area contributed by atoms with Gasteiger partial charge in [-0.2, -0.15) is 0 Å². The van der Waals surface area contributed by atoms with Gasteiger partial charge in [0, 0.05) is 43.4 Å². The molecule has 1 aliphatic carbocycles. The molecule has 0 radical (unpaired) electrons. The maximum Gasteiger partial charge on any atom is 0.145 e. The molecule has 1 aliphatic rings. The van der Waals surface area contributed by atoms with Crippen LogP contribution in [0, 0.1) is 0 Å². The summed E-state index contributed by atoms with van der Waals surface area (Å²) in [4.78, 5) is 0. The molecule has 0 spiro atoms. The molecule has 0 fully saturated rings. The lowest BCUT2D eigenvalue weighted by Gasteiger charge is -2.27. The summed E-state index contributed by atoms with van der Waals surface area (Å²) in [7, 11) is 0. The Morgan fingerprint density at radius 2 is 1.02 bits per heavy atom. The minimum Gasteiger partial charge on any atom is -0.455 e. The van der Waals surface area contributed by atoms with E-state index < -0.39 is 0 Å². The quantitative estimate of drug-likeness (QED) is 0.188. The van der Waals surface area contributed by atoms with E-state index in [0.29, 0.717) is 0 Å². The Labute approximate surface area is 297 Å². The number of nitrogens with zero attached hydrogens (tertiary/aromatic N) is 2. The lowest BCUT2D eigenvalue weighted by atomic mass is 9.90. The summed E-state index contributed by atoms with van der Waals surface area (Å²) in [6.07, 6.45) is 7.71. The molecule has 0 saturated carbocycles. The molecule has 4 aromatic heterocycles. The number of aromatic nitrogens is 2. The molecular weight excluding hydrogens is 637 g/mol. The van der Waals surface area contributed by atoms with Gasteiger partial charge in [-0.25, -0.2) is 0 Å². The van der Waals surface area contributed by atoms with Crippen LogP contribution < -0.4 is 0 Å². The van der Waals surface area contributed by atoms with Gasteiger partial charge in [-0.3, -0.25) is 0 Å². The Morgan fingerprint density at radius 3 is 1.75 bits per heavy atom. The van der Waals surface area contributed by atoms with Gasteiger partial charge in [0.15, 0.2) is 0 Å². The minimum absolute atomic E-state index is 0.0607. The van der Waals surface area contributed by atoms with Crippen molar-refractivity contribution in [2.45, 2.75) is 12.5 Å². The standard InChI is InChI=1S/C48H30N2O2/c1-7-19-37(49-39-21-9-3-17-35(39)45-41(49)27-25-33-31-15-5-11-23-43(31)51-47(33)45)29(13-1)30-14-2-8-20-38(30)50-40-22-10-4-18-36(40)46-42(50)28-26-34-32-16-6-12-24-44(32)52-48(34)46/h1-19,21-28,38H,20H2/t38-/m0/s1. The van der Waals surface area contributed by atoms with Crippen LogP contribution in [0.4, 0.5) is 0 Å². The van der Waals surface area contributed by atoms with Crippen LogP contribution in [-0.4, -0.2) is 9.13 Å². The zero-order chi connectivity index (χ0) is 33.9. The number of benzene rings is 7. The molecule has 1 atom stereocenters. The monoisotopic (exact) mass is 666 g/mol. The van der Waals surface area contributed by atoms with Crippen LogP contribution in [0.15, 0.2) is 173 Å². The summed E-state index contributed by atoms with van der Waals surface area (Å²) < 4.78 is 18.2. The van der Waals surface area contributed by atoms with Crippen LogP contribution in [0.3, 0.4) is 0 Å². The number of allylic oxidation sites excluding steroid dienone is 4. The van der Waals surface area contributed by atoms with E-state index in [9.17, 15) is 0 Å². The third-order valence-electron chi connectivity index (χ3n) is 11.3. The Balaban J connectivity index is 1.12. The summed E-state index contributed by atoms with van der Waals surface area (Å²) in [5, 5.41) is 9.30. The highest BCUT2D eigenvalue weighted by atomic mass is 16.3. The van der Waals surface area contributed by atoms with E-state index in [1.54, 1.807) is 0 Å². The van der Waals surface area contributed by atoms with Crippen molar-refractivity contribution in [1.82, 2.24) is 9.13 Å². The van der Waals surface area contributed by atoms with Gasteiger partial charge in [-0.1, -0.05) is 109 Å². The molecular formula is C48H30N2O2. The molecule has 0 amide bonds. The van der Waals surface area contributed by atoms with Gasteiger partial charge >= 0.3 is 0 Å². The van der Waals surface area contributed by atoms with E-state index in [1.807, 2.05) is 12.1 Å². The van der Waals surface area contributed by atoms with Crippen molar-refractivity contribution in [3.63, 3.8) is 0 Å². The molecule has 52 heavy (non-hydrogen) atoms. The Morgan fingerprint density at radius 1 is 0.462 bits per heavy atom. The Hall–Kier alpha value is -6.78. The minimum atomic E-state index is 0.0607. The van der Waals surface area contributed by atoms with Crippen molar-refractivity contribution in [1.29, 1.82) is 0 Å². The normalized spacial score (nSPS) is 15.1. The van der Waals surface area contributed by atoms with Crippen molar-refractivity contribution in [3.8, 4) is 5.69 Å². The highest BCUT2D eigenvalue weighted by molar-refractivity contribution is 6.25. The van der Waals surface area contributed by atoms with Gasteiger partial charge in [-0.15, -0.1) is 0 Å². The molecule has 12 rings (SSSR count). The summed E-state index contributed by atoms with van der Waals surface area (Å²) in [6.45, 7) is 0. The molecule has 4 nitrogen and oxygen atoms in total. The van der Waals surface area contributed by atoms with Gasteiger partial charge < -0.3 is 18.0 Å². The molecule has 4 heteroatoms. The second kappa shape index (κ2) is 10.4. The highest BCUT2D eigenvalue weighted by Crippen LogP contribution is 2.47. The summed E-state index contributed by atoms with van der Waals surface area (Å²) in [6, 6.07) is 52.2. The molecule has 0 unspecified atom stereocenters. The SMILES string of the molecule is C1=CC[C@H](n2c3ccccc3c3c4oc5ccccc5c4ccc32)C(c2ccccc2-n2c3ccccc3c3c4oc5ccccc5c4ccc32)=C1. The van der Waals surface area contributed by atoms with Crippen molar-refractivity contribution >= 4 is 93.1 Å². The smallest absolute Gasteiger partial charge is 0.145 e. The van der Waals surface area contributed by atoms with Crippen molar-refractivity contribution in [2.75, 3.05) is 0 Å². The Bertz CT molecular complexity index is 3340. The number of fused-ring (bicyclic) bond motifs is 14. The molecule has 0 bridgehead atoms. The molecule has 11 aromatic rings. The van der Waals surface area contributed by atoms with Crippen LogP contribution in [-0.2, 0) is 0 Å². The van der Waals surface area contributed by atoms with Crippen LogP contribution >= 0.6 is 0 Å². The fourth-order valence-electron chi connectivity index (χ4n) is 9.14. The van der Waals surface area contributed by atoms with Crippen LogP contribution in [0.1, 0.15) is 18.0 Å². The number of hydrogen-bond acceptors (Lipinski definition) is 2. The average molecular weight is 667 g/mol. The highest BCUT2D eigenvalue weighted by Gasteiger charge is 2.28. The average Bonchev–Trinajstić information content (AvgIpc) is 3.95. The first-order valence-corrected chi connectivity index (χ1v) is 18.0. The number of hydrogen-bond donors (Lipinski definition) is 0. The molecule has 0 aliphatic heterocycles. The molecule has 0 saturated heterocycles. The van der Waals surface area contributed by atoms with Gasteiger partial charge in [0.05, 0.1) is 39.1 Å². The predicted octanol–water partition coefficient (Wildman–Crippen LogP) is 13.3. The predicted molar refractivity (Wildman–Crippen MR) is 216 cm³/mol. The first kappa shape index (κ1) is 28.0. The van der Waals surface area contributed by atoms with Gasteiger partial charge in [0.25, 0.3) is 0 Å². The molecule has 0 N–H and O–H groups in total. The Kier molecular flexibility index (Phi) is 5.58. The number of para-hydroxylation sites is 5. The van der Waals surface area contributed by atoms with Crippen LogP contribution in [0.5, 0.6) is 0 Å². The first-order chi connectivity index (χ1) is 25.8. The maximum absolute atomic E-state index is 6.63. The van der Waals surface area contributed by atoms with E-state index in [4.69, 9.17) is 8.83 Å². The number of furan rings is 2. The fourth-order valence-corrected chi connectivity index (χ4v) is 9.14. The third kappa shape index (κ3) is 3.65. The molecule has 244 valence electrons. The van der Waals surface area contributed by atoms with E-state index in [0.717, 1.165) is 72.4 Å². The third-order valence-corrected chi connectivity index (χ3v) is 11.3. The number of rotatable bonds is 3. The zero-order valence-corrected chi connectivity index (χ0v) is 28.1. The largest absolute Gasteiger partial charge is 0.455 e. The van der Waals surface area contributed by atoms with Gasteiger partial charge in [0.1, 0.15) is 22.3 Å². The van der Waals surface area contributed by atoms with Gasteiger partial charge in [-0.05, 0) is 66.6 Å². The summed E-state index contributed by atoms with van der Waals surface area (Å²) >= 11 is 0. The van der Waals surface area contributed by atoms with Crippen molar-refractivity contribution in [3.05, 3.63) is 169 Å². The van der Waals surface area contributed by atoms with Crippen LogP contribution in [0.2, 0.25) is 0 Å². The van der Waals surface area contributed by atoms with Crippen molar-refractivity contribution < 1.29 is 8.83 Å². The molecule has 7 aromatic carbocycles. The van der Waals surface area contributed by atoms with E-state index in [-0.39, 0.29) is 6.04 Å². The lowest BCUT2D eigenvalue weighted by Crippen LogP contribution is -2.14. The summed E-state index contributed by atoms with van der Waals surface area (Å²) in [5.74, 6) is 0. The lowest BCUT2D eigenvalue weighted by molar-refractivity contribution is 0.663. The maximum atomic E-state index is 6.63. The second-order valence-electron chi connectivity index (χ2n) is 13.9. The zero-order valence-electron chi connectivity index (χ0n) is 28.1. The van der Waals surface area contributed by atoms with Crippen LogP contribution in [0.25, 0.3) is 98.7 Å². The topological polar surface area (TPSA) is 36.1 Å². The van der Waals surface area contributed by atoms with E-state index in [1.165, 1.54) is 38.3 Å². The van der Waals surface area contributed by atoms with Crippen molar-refractivity contribution in [2.24, 2.45) is 0 Å². The first-order valence-electron chi connectivity index (χ1n) is 18.0. The fraction of sp³-hybridized carbons (Fsp3) is 0.0417.